The SMILES string of the molecule is CCOC(=O)N[C@@H]1[C@@H](CC)N(C(=O)OC(C)(C)C)C[C@@H]1O. The molecule has 0 bridgehead atoms. The van der Waals surface area contributed by atoms with Crippen LogP contribution >= 0.6 is 0 Å². The Morgan fingerprint density at radius 3 is 2.43 bits per heavy atom. The van der Waals surface area contributed by atoms with Gasteiger partial charge in [0.1, 0.15) is 5.60 Å². The molecule has 1 heterocycles. The van der Waals surface area contributed by atoms with Crippen molar-refractivity contribution in [3.8, 4) is 0 Å². The van der Waals surface area contributed by atoms with E-state index in [-0.39, 0.29) is 19.2 Å². The molecule has 2 N–H and O–H groups in total. The van der Waals surface area contributed by atoms with E-state index < -0.39 is 29.9 Å². The van der Waals surface area contributed by atoms with Gasteiger partial charge >= 0.3 is 12.2 Å². The average molecular weight is 302 g/mol. The summed E-state index contributed by atoms with van der Waals surface area (Å²) in [6, 6.07) is -0.874. The summed E-state index contributed by atoms with van der Waals surface area (Å²) in [6.07, 6.45) is -1.33. The maximum atomic E-state index is 12.2. The second kappa shape index (κ2) is 6.98. The molecule has 1 saturated heterocycles. The van der Waals surface area contributed by atoms with Crippen LogP contribution in [0.3, 0.4) is 0 Å². The second-order valence-corrected chi connectivity index (χ2v) is 6.07. The molecular weight excluding hydrogens is 276 g/mol. The Labute approximate surface area is 125 Å². The van der Waals surface area contributed by atoms with Crippen LogP contribution < -0.4 is 5.32 Å². The number of hydrogen-bond donors (Lipinski definition) is 2. The number of rotatable bonds is 3. The molecule has 1 fully saturated rings. The zero-order valence-corrected chi connectivity index (χ0v) is 13.4. The predicted molar refractivity (Wildman–Crippen MR) is 77.0 cm³/mol. The summed E-state index contributed by atoms with van der Waals surface area (Å²) in [7, 11) is 0. The molecule has 0 spiro atoms. The van der Waals surface area contributed by atoms with E-state index in [1.807, 2.05) is 6.92 Å². The highest BCUT2D eigenvalue weighted by Gasteiger charge is 2.44. The van der Waals surface area contributed by atoms with Crippen LogP contribution in [0.5, 0.6) is 0 Å². The topological polar surface area (TPSA) is 88.1 Å². The first-order valence-electron chi connectivity index (χ1n) is 7.30. The van der Waals surface area contributed by atoms with Crippen molar-refractivity contribution in [2.24, 2.45) is 0 Å². The zero-order chi connectivity index (χ0) is 16.2. The molecule has 3 atom stereocenters. The number of nitrogens with one attached hydrogen (secondary N) is 1. The molecule has 1 rings (SSSR count). The van der Waals surface area contributed by atoms with Gasteiger partial charge in [0.2, 0.25) is 0 Å². The first kappa shape index (κ1) is 17.6. The van der Waals surface area contributed by atoms with Crippen LogP contribution in [0, 0.1) is 0 Å². The largest absolute Gasteiger partial charge is 0.450 e. The summed E-state index contributed by atoms with van der Waals surface area (Å²) in [5.74, 6) is 0. The number of aliphatic hydroxyl groups excluding tert-OH is 1. The quantitative estimate of drug-likeness (QED) is 0.824. The molecule has 1 aliphatic rings. The van der Waals surface area contributed by atoms with Crippen molar-refractivity contribution in [1.82, 2.24) is 10.2 Å². The van der Waals surface area contributed by atoms with Gasteiger partial charge in [-0.05, 0) is 34.1 Å². The Balaban J connectivity index is 2.76. The van der Waals surface area contributed by atoms with Crippen LogP contribution in [0.4, 0.5) is 9.59 Å². The highest BCUT2D eigenvalue weighted by atomic mass is 16.6. The highest BCUT2D eigenvalue weighted by Crippen LogP contribution is 2.24. The summed E-state index contributed by atoms with van der Waals surface area (Å²) in [6.45, 7) is 9.33. The third kappa shape index (κ3) is 4.77. The van der Waals surface area contributed by atoms with Crippen molar-refractivity contribution in [2.75, 3.05) is 13.2 Å². The Bertz CT molecular complexity index is 380. The lowest BCUT2D eigenvalue weighted by molar-refractivity contribution is 0.0200. The first-order valence-corrected chi connectivity index (χ1v) is 7.30. The molecule has 7 nitrogen and oxygen atoms in total. The Morgan fingerprint density at radius 1 is 1.33 bits per heavy atom. The molecule has 0 aromatic rings. The van der Waals surface area contributed by atoms with Crippen molar-refractivity contribution in [1.29, 1.82) is 0 Å². The van der Waals surface area contributed by atoms with Crippen LogP contribution in [0.25, 0.3) is 0 Å². The first-order chi connectivity index (χ1) is 9.69. The van der Waals surface area contributed by atoms with Crippen LogP contribution in [-0.4, -0.2) is 59.1 Å². The van der Waals surface area contributed by atoms with E-state index in [4.69, 9.17) is 9.47 Å². The Morgan fingerprint density at radius 2 is 1.95 bits per heavy atom. The Hall–Kier alpha value is -1.50. The summed E-state index contributed by atoms with van der Waals surface area (Å²) in [5.41, 5.74) is -0.604. The lowest BCUT2D eigenvalue weighted by atomic mass is 10.1. The number of β-amino-alcohol motifs (C(OH)–C–C–N with tert-alkyl or cyclic N) is 1. The maximum absolute atomic E-state index is 12.2. The van der Waals surface area contributed by atoms with Crippen molar-refractivity contribution >= 4 is 12.2 Å². The molecule has 7 heteroatoms. The summed E-state index contributed by atoms with van der Waals surface area (Å²) in [4.78, 5) is 25.2. The molecule has 122 valence electrons. The van der Waals surface area contributed by atoms with Crippen LogP contribution in [0.2, 0.25) is 0 Å². The van der Waals surface area contributed by atoms with Gasteiger partial charge in [-0.2, -0.15) is 0 Å². The van der Waals surface area contributed by atoms with Gasteiger partial charge in [0.15, 0.2) is 0 Å². The molecule has 0 unspecified atom stereocenters. The fourth-order valence-corrected chi connectivity index (χ4v) is 2.41. The Kier molecular flexibility index (Phi) is 5.83. The third-order valence-electron chi connectivity index (χ3n) is 3.22. The molecule has 0 aromatic carbocycles. The highest BCUT2D eigenvalue weighted by molar-refractivity contribution is 5.71. The van der Waals surface area contributed by atoms with E-state index >= 15 is 0 Å². The predicted octanol–water partition coefficient (Wildman–Crippen LogP) is 1.49. The standard InChI is InChI=1S/C14H26N2O5/c1-6-9-11(15-12(18)20-7-2)10(17)8-16(9)13(19)21-14(3,4)5/h9-11,17H,6-8H2,1-5H3,(H,15,18)/t9-,10+,11-/m1/s1. The number of amides is 2. The third-order valence-corrected chi connectivity index (χ3v) is 3.22. The van der Waals surface area contributed by atoms with Crippen molar-refractivity contribution in [3.63, 3.8) is 0 Å². The van der Waals surface area contributed by atoms with E-state index in [0.29, 0.717) is 6.42 Å². The fraction of sp³-hybridized carbons (Fsp3) is 0.857. The van der Waals surface area contributed by atoms with E-state index in [0.717, 1.165) is 0 Å². The van der Waals surface area contributed by atoms with E-state index in [1.165, 1.54) is 4.90 Å². The molecular formula is C14H26N2O5. The minimum absolute atomic E-state index is 0.129. The molecule has 21 heavy (non-hydrogen) atoms. The van der Waals surface area contributed by atoms with Crippen LogP contribution in [0.15, 0.2) is 0 Å². The van der Waals surface area contributed by atoms with Gasteiger partial charge in [0.05, 0.1) is 31.3 Å². The maximum Gasteiger partial charge on any atom is 0.410 e. The zero-order valence-electron chi connectivity index (χ0n) is 13.4. The minimum atomic E-state index is -0.841. The van der Waals surface area contributed by atoms with Crippen LogP contribution in [-0.2, 0) is 9.47 Å². The second-order valence-electron chi connectivity index (χ2n) is 6.07. The molecule has 0 aromatic heterocycles. The average Bonchev–Trinajstić information content (AvgIpc) is 2.64. The van der Waals surface area contributed by atoms with Gasteiger partial charge in [-0.3, -0.25) is 0 Å². The number of carbonyl (C=O) groups is 2. The fourth-order valence-electron chi connectivity index (χ4n) is 2.41. The van der Waals surface area contributed by atoms with Gasteiger partial charge < -0.3 is 24.8 Å². The van der Waals surface area contributed by atoms with Crippen molar-refractivity contribution in [2.45, 2.75) is 64.8 Å². The van der Waals surface area contributed by atoms with Crippen molar-refractivity contribution in [3.05, 3.63) is 0 Å². The number of aliphatic hydroxyl groups is 1. The summed E-state index contributed by atoms with van der Waals surface area (Å²) < 4.78 is 10.2. The van der Waals surface area contributed by atoms with E-state index in [9.17, 15) is 14.7 Å². The summed E-state index contributed by atoms with van der Waals surface area (Å²) in [5, 5.41) is 12.7. The number of likely N-dealkylation sites (tertiary alicyclic amines) is 1. The molecule has 0 radical (unpaired) electrons. The van der Waals surface area contributed by atoms with Crippen LogP contribution in [0.1, 0.15) is 41.0 Å². The van der Waals surface area contributed by atoms with Gasteiger partial charge in [-0.15, -0.1) is 0 Å². The van der Waals surface area contributed by atoms with Gasteiger partial charge in [-0.25, -0.2) is 9.59 Å². The molecule has 1 aliphatic heterocycles. The van der Waals surface area contributed by atoms with Gasteiger partial charge in [0.25, 0.3) is 0 Å². The minimum Gasteiger partial charge on any atom is -0.450 e. The summed E-state index contributed by atoms with van der Waals surface area (Å²) >= 11 is 0. The normalized spacial score (nSPS) is 25.6. The van der Waals surface area contributed by atoms with E-state index in [1.54, 1.807) is 27.7 Å². The molecule has 0 aliphatic carbocycles. The lowest BCUT2D eigenvalue weighted by Crippen LogP contribution is -2.49. The van der Waals surface area contributed by atoms with Gasteiger partial charge in [-0.1, -0.05) is 6.92 Å². The number of alkyl carbamates (subject to hydrolysis) is 1. The number of nitrogens with zero attached hydrogens (tertiary/aromatic N) is 1. The molecule has 0 saturated carbocycles. The number of ether oxygens (including phenoxy) is 2. The number of carbonyl (C=O) groups excluding carboxylic acids is 2. The lowest BCUT2D eigenvalue weighted by Gasteiger charge is -2.29. The smallest absolute Gasteiger partial charge is 0.410 e. The number of hydrogen-bond acceptors (Lipinski definition) is 5. The monoisotopic (exact) mass is 302 g/mol. The van der Waals surface area contributed by atoms with E-state index in [2.05, 4.69) is 5.32 Å². The molecule has 2 amide bonds. The van der Waals surface area contributed by atoms with Crippen molar-refractivity contribution < 1.29 is 24.2 Å². The van der Waals surface area contributed by atoms with Gasteiger partial charge in [0, 0.05) is 0 Å².